The quantitative estimate of drug-likeness (QED) is 0.413. The number of nitrogens with zero attached hydrogens (tertiary/aromatic N) is 4. The topological polar surface area (TPSA) is 95.2 Å². The molecule has 7 nitrogen and oxygen atoms in total. The average molecular weight is 413 g/mol. The van der Waals surface area contributed by atoms with Gasteiger partial charge in [-0.1, -0.05) is 12.1 Å². The molecule has 0 unspecified atom stereocenters. The molecule has 0 radical (unpaired) electrons. The molecular formula is C23H20FN7. The molecule has 1 aromatic carbocycles. The van der Waals surface area contributed by atoms with Gasteiger partial charge in [-0.25, -0.2) is 14.4 Å². The number of fused-ring (bicyclic) bond motifs is 2. The van der Waals surface area contributed by atoms with Crippen molar-refractivity contribution >= 4 is 22.1 Å². The van der Waals surface area contributed by atoms with Crippen molar-refractivity contribution in [1.82, 2.24) is 35.5 Å². The van der Waals surface area contributed by atoms with Gasteiger partial charge in [0, 0.05) is 23.4 Å². The number of hydrogen-bond donors (Lipinski definition) is 3. The first kappa shape index (κ1) is 18.1. The van der Waals surface area contributed by atoms with E-state index >= 15 is 0 Å². The summed E-state index contributed by atoms with van der Waals surface area (Å²) in [5.41, 5.74) is 6.43. The van der Waals surface area contributed by atoms with Crippen LogP contribution in [0.2, 0.25) is 0 Å². The van der Waals surface area contributed by atoms with Crippen molar-refractivity contribution in [3.8, 4) is 22.6 Å². The third-order valence-electron chi connectivity index (χ3n) is 5.94. The van der Waals surface area contributed by atoms with Gasteiger partial charge in [0.1, 0.15) is 11.3 Å². The monoisotopic (exact) mass is 413 g/mol. The Morgan fingerprint density at radius 2 is 1.84 bits per heavy atom. The first-order chi connectivity index (χ1) is 15.3. The van der Waals surface area contributed by atoms with E-state index in [-0.39, 0.29) is 5.82 Å². The Hall–Kier alpha value is -3.65. The van der Waals surface area contributed by atoms with Crippen LogP contribution in [0.4, 0.5) is 4.39 Å². The lowest BCUT2D eigenvalue weighted by Gasteiger charge is -2.22. The maximum absolute atomic E-state index is 13.8. The Morgan fingerprint density at radius 1 is 0.935 bits per heavy atom. The summed E-state index contributed by atoms with van der Waals surface area (Å²) < 4.78 is 13.8. The van der Waals surface area contributed by atoms with Gasteiger partial charge in [-0.15, -0.1) is 0 Å². The van der Waals surface area contributed by atoms with Crippen LogP contribution in [0.1, 0.15) is 24.5 Å². The van der Waals surface area contributed by atoms with Gasteiger partial charge < -0.3 is 10.3 Å². The molecule has 0 aliphatic carbocycles. The molecule has 5 aromatic rings. The van der Waals surface area contributed by atoms with Gasteiger partial charge in [0.2, 0.25) is 0 Å². The summed E-state index contributed by atoms with van der Waals surface area (Å²) in [5, 5.41) is 11.0. The molecule has 31 heavy (non-hydrogen) atoms. The number of piperidine rings is 1. The second-order valence-corrected chi connectivity index (χ2v) is 7.91. The minimum Gasteiger partial charge on any atom is -0.335 e. The van der Waals surface area contributed by atoms with E-state index in [1.54, 1.807) is 18.5 Å². The fourth-order valence-electron chi connectivity index (χ4n) is 4.34. The number of aromatic amines is 2. The van der Waals surface area contributed by atoms with Gasteiger partial charge in [-0.05, 0) is 55.8 Å². The van der Waals surface area contributed by atoms with E-state index < -0.39 is 0 Å². The Kier molecular flexibility index (Phi) is 4.24. The highest BCUT2D eigenvalue weighted by atomic mass is 19.1. The number of rotatable bonds is 3. The minimum absolute atomic E-state index is 0.293. The molecule has 3 N–H and O–H groups in total. The Morgan fingerprint density at radius 3 is 2.71 bits per heavy atom. The molecule has 154 valence electrons. The Labute approximate surface area is 177 Å². The molecule has 0 saturated carbocycles. The minimum atomic E-state index is -0.293. The average Bonchev–Trinajstić information content (AvgIpc) is 3.43. The van der Waals surface area contributed by atoms with Crippen LogP contribution in [0.5, 0.6) is 0 Å². The Balaban J connectivity index is 1.47. The molecule has 1 aliphatic rings. The van der Waals surface area contributed by atoms with Gasteiger partial charge in [-0.3, -0.25) is 10.1 Å². The summed E-state index contributed by atoms with van der Waals surface area (Å²) in [6.45, 7) is 2.03. The first-order valence-electron chi connectivity index (χ1n) is 10.4. The van der Waals surface area contributed by atoms with Crippen LogP contribution < -0.4 is 5.32 Å². The van der Waals surface area contributed by atoms with Gasteiger partial charge >= 0.3 is 0 Å². The smallest absolute Gasteiger partial charge is 0.161 e. The predicted molar refractivity (Wildman–Crippen MR) is 117 cm³/mol. The molecular weight excluding hydrogens is 393 g/mol. The number of H-pyrrole nitrogens is 2. The Bertz CT molecular complexity index is 1400. The third kappa shape index (κ3) is 3.16. The van der Waals surface area contributed by atoms with Crippen molar-refractivity contribution in [3.63, 3.8) is 0 Å². The maximum Gasteiger partial charge on any atom is 0.161 e. The van der Waals surface area contributed by atoms with E-state index in [1.165, 1.54) is 12.1 Å². The van der Waals surface area contributed by atoms with Crippen LogP contribution in [-0.2, 0) is 0 Å². The van der Waals surface area contributed by atoms with Crippen molar-refractivity contribution in [2.45, 2.75) is 18.8 Å². The van der Waals surface area contributed by atoms with Crippen LogP contribution in [0.3, 0.4) is 0 Å². The molecule has 0 amide bonds. The second kappa shape index (κ2) is 7.24. The van der Waals surface area contributed by atoms with Crippen LogP contribution in [0.25, 0.3) is 44.7 Å². The van der Waals surface area contributed by atoms with Crippen LogP contribution >= 0.6 is 0 Å². The highest BCUT2D eigenvalue weighted by molar-refractivity contribution is 5.95. The van der Waals surface area contributed by atoms with E-state index in [0.717, 1.165) is 64.8 Å². The van der Waals surface area contributed by atoms with Crippen LogP contribution in [0.15, 0.2) is 48.8 Å². The number of aromatic nitrogens is 6. The summed E-state index contributed by atoms with van der Waals surface area (Å²) in [6.07, 6.45) is 5.59. The van der Waals surface area contributed by atoms with Gasteiger partial charge in [-0.2, -0.15) is 5.10 Å². The molecule has 6 rings (SSSR count). The number of imidazole rings is 1. The number of benzene rings is 1. The number of hydrogen-bond acceptors (Lipinski definition) is 5. The predicted octanol–water partition coefficient (Wildman–Crippen LogP) is 4.17. The molecule has 5 heterocycles. The standard InChI is InChI=1S/C23H20FN7/c24-15-3-1-2-14(10-15)16-11-26-12-19-20(16)29-23(28-19)22-21-18(30-31-22)5-4-17(27-21)13-6-8-25-9-7-13/h1-5,10-13,25H,6-9H2,(H,28,29)(H,30,31). The lowest BCUT2D eigenvalue weighted by molar-refractivity contribution is 0.454. The van der Waals surface area contributed by atoms with Gasteiger partial charge in [0.25, 0.3) is 0 Å². The van der Waals surface area contributed by atoms with Crippen molar-refractivity contribution in [3.05, 3.63) is 60.3 Å². The summed E-state index contributed by atoms with van der Waals surface area (Å²) in [5.74, 6) is 0.771. The van der Waals surface area contributed by atoms with E-state index in [4.69, 9.17) is 9.97 Å². The summed E-state index contributed by atoms with van der Waals surface area (Å²) in [4.78, 5) is 17.4. The lowest BCUT2D eigenvalue weighted by atomic mass is 9.94. The fourth-order valence-corrected chi connectivity index (χ4v) is 4.34. The first-order valence-corrected chi connectivity index (χ1v) is 10.4. The molecule has 1 aliphatic heterocycles. The van der Waals surface area contributed by atoms with Crippen molar-refractivity contribution in [1.29, 1.82) is 0 Å². The van der Waals surface area contributed by atoms with E-state index in [9.17, 15) is 4.39 Å². The normalized spacial score (nSPS) is 15.1. The lowest BCUT2D eigenvalue weighted by Crippen LogP contribution is -2.27. The molecule has 0 bridgehead atoms. The number of pyridine rings is 2. The number of nitrogens with one attached hydrogen (secondary N) is 3. The van der Waals surface area contributed by atoms with Gasteiger partial charge in [0.05, 0.1) is 22.7 Å². The molecule has 0 spiro atoms. The van der Waals surface area contributed by atoms with Crippen molar-refractivity contribution < 1.29 is 4.39 Å². The van der Waals surface area contributed by atoms with Crippen molar-refractivity contribution in [2.24, 2.45) is 0 Å². The third-order valence-corrected chi connectivity index (χ3v) is 5.94. The largest absolute Gasteiger partial charge is 0.335 e. The zero-order valence-electron chi connectivity index (χ0n) is 16.7. The molecule has 0 atom stereocenters. The molecule has 1 fully saturated rings. The zero-order valence-corrected chi connectivity index (χ0v) is 16.7. The maximum atomic E-state index is 13.8. The highest BCUT2D eigenvalue weighted by Gasteiger charge is 2.20. The summed E-state index contributed by atoms with van der Waals surface area (Å²) in [6, 6.07) is 10.6. The molecule has 8 heteroatoms. The van der Waals surface area contributed by atoms with Crippen LogP contribution in [0, 0.1) is 5.82 Å². The number of halogens is 1. The van der Waals surface area contributed by atoms with Crippen molar-refractivity contribution in [2.75, 3.05) is 13.1 Å². The highest BCUT2D eigenvalue weighted by Crippen LogP contribution is 2.32. The fraction of sp³-hybridized carbons (Fsp3) is 0.217. The van der Waals surface area contributed by atoms with E-state index in [1.807, 2.05) is 12.1 Å². The van der Waals surface area contributed by atoms with Crippen LogP contribution in [-0.4, -0.2) is 43.2 Å². The molecule has 4 aromatic heterocycles. The SMILES string of the molecule is Fc1cccc(-c2cncc3[nH]c(-c4n[nH]c5ccc(C6CCNCC6)nc45)nc23)c1. The zero-order chi connectivity index (χ0) is 20.8. The van der Waals surface area contributed by atoms with Gasteiger partial charge in [0.15, 0.2) is 11.5 Å². The second-order valence-electron chi connectivity index (χ2n) is 7.91. The van der Waals surface area contributed by atoms with E-state index in [0.29, 0.717) is 17.4 Å². The summed E-state index contributed by atoms with van der Waals surface area (Å²) in [7, 11) is 0. The summed E-state index contributed by atoms with van der Waals surface area (Å²) >= 11 is 0. The van der Waals surface area contributed by atoms with E-state index in [2.05, 4.69) is 31.5 Å². The molecule has 1 saturated heterocycles.